The van der Waals surface area contributed by atoms with Gasteiger partial charge in [-0.1, -0.05) is 20.8 Å². The molecule has 0 radical (unpaired) electrons. The molecule has 0 amide bonds. The standard InChI is InChI=1S/C15H25NO3S/c1-10-9-13(20(16,17)18)11(2)12(3)14(10)19-8-7-15(4,5)6/h9H,7-8H2,1-6H3,(H2,16,17,18). The Kier molecular flexibility index (Phi) is 4.87. The topological polar surface area (TPSA) is 69.4 Å². The van der Waals surface area contributed by atoms with Crippen molar-refractivity contribution in [3.8, 4) is 5.75 Å². The summed E-state index contributed by atoms with van der Waals surface area (Å²) in [5.41, 5.74) is 2.50. The van der Waals surface area contributed by atoms with E-state index in [1.54, 1.807) is 13.0 Å². The Balaban J connectivity index is 3.09. The van der Waals surface area contributed by atoms with Crippen LogP contribution >= 0.6 is 0 Å². The maximum atomic E-state index is 11.6. The van der Waals surface area contributed by atoms with Crippen LogP contribution in [0.25, 0.3) is 0 Å². The first-order chi connectivity index (χ1) is 8.93. The van der Waals surface area contributed by atoms with E-state index in [-0.39, 0.29) is 10.3 Å². The fourth-order valence-electron chi connectivity index (χ4n) is 2.00. The van der Waals surface area contributed by atoms with Crippen LogP contribution in [0.15, 0.2) is 11.0 Å². The van der Waals surface area contributed by atoms with Crippen molar-refractivity contribution in [3.05, 3.63) is 22.8 Å². The number of hydrogen-bond acceptors (Lipinski definition) is 3. The molecule has 0 aromatic heterocycles. The molecule has 0 atom stereocenters. The molecule has 0 saturated carbocycles. The number of primary sulfonamides is 1. The minimum atomic E-state index is -3.69. The van der Waals surface area contributed by atoms with Gasteiger partial charge in [-0.2, -0.15) is 0 Å². The first-order valence-electron chi connectivity index (χ1n) is 6.70. The number of aryl methyl sites for hydroxylation is 1. The van der Waals surface area contributed by atoms with E-state index >= 15 is 0 Å². The predicted molar refractivity (Wildman–Crippen MR) is 81.6 cm³/mol. The molecule has 114 valence electrons. The average molecular weight is 299 g/mol. The van der Waals surface area contributed by atoms with Crippen LogP contribution in [0.1, 0.15) is 43.9 Å². The Morgan fingerprint density at radius 3 is 2.15 bits per heavy atom. The van der Waals surface area contributed by atoms with Gasteiger partial charge in [0.2, 0.25) is 10.0 Å². The Morgan fingerprint density at radius 1 is 1.15 bits per heavy atom. The van der Waals surface area contributed by atoms with Crippen LogP contribution in [0.3, 0.4) is 0 Å². The molecule has 0 heterocycles. The summed E-state index contributed by atoms with van der Waals surface area (Å²) in [6, 6.07) is 1.59. The van der Waals surface area contributed by atoms with Crippen molar-refractivity contribution in [2.45, 2.75) is 52.9 Å². The lowest BCUT2D eigenvalue weighted by molar-refractivity contribution is 0.240. The van der Waals surface area contributed by atoms with Gasteiger partial charge >= 0.3 is 0 Å². The molecule has 5 heteroatoms. The van der Waals surface area contributed by atoms with Gasteiger partial charge in [-0.3, -0.25) is 0 Å². The maximum absolute atomic E-state index is 11.6. The van der Waals surface area contributed by atoms with Gasteiger partial charge in [0.05, 0.1) is 11.5 Å². The molecule has 0 aliphatic heterocycles. The second-order valence-corrected chi connectivity index (χ2v) is 8.00. The highest BCUT2D eigenvalue weighted by atomic mass is 32.2. The Bertz CT molecular complexity index is 599. The van der Waals surface area contributed by atoms with Crippen molar-refractivity contribution in [1.29, 1.82) is 0 Å². The van der Waals surface area contributed by atoms with Crippen LogP contribution in [0, 0.1) is 26.2 Å². The Morgan fingerprint density at radius 2 is 1.70 bits per heavy atom. The number of benzene rings is 1. The van der Waals surface area contributed by atoms with Gasteiger partial charge in [0.15, 0.2) is 0 Å². The average Bonchev–Trinajstić information content (AvgIpc) is 2.25. The minimum Gasteiger partial charge on any atom is -0.493 e. The first kappa shape index (κ1) is 17.0. The summed E-state index contributed by atoms with van der Waals surface area (Å²) in [6.07, 6.45) is 0.932. The summed E-state index contributed by atoms with van der Waals surface area (Å²) in [5, 5.41) is 5.23. The van der Waals surface area contributed by atoms with E-state index in [4.69, 9.17) is 9.88 Å². The van der Waals surface area contributed by atoms with Gasteiger partial charge in [-0.15, -0.1) is 0 Å². The van der Waals surface area contributed by atoms with Crippen LogP contribution in [-0.4, -0.2) is 15.0 Å². The van der Waals surface area contributed by atoms with E-state index in [1.807, 2.05) is 13.8 Å². The predicted octanol–water partition coefficient (Wildman–Crippen LogP) is 3.07. The van der Waals surface area contributed by atoms with Crippen molar-refractivity contribution in [2.75, 3.05) is 6.61 Å². The summed E-state index contributed by atoms with van der Waals surface area (Å²) >= 11 is 0. The van der Waals surface area contributed by atoms with Crippen molar-refractivity contribution < 1.29 is 13.2 Å². The highest BCUT2D eigenvalue weighted by Crippen LogP contribution is 2.31. The van der Waals surface area contributed by atoms with Gasteiger partial charge in [0, 0.05) is 0 Å². The monoisotopic (exact) mass is 299 g/mol. The van der Waals surface area contributed by atoms with E-state index in [9.17, 15) is 8.42 Å². The summed E-state index contributed by atoms with van der Waals surface area (Å²) < 4.78 is 29.0. The molecule has 0 saturated heterocycles. The molecular weight excluding hydrogens is 274 g/mol. The van der Waals surface area contributed by atoms with Gasteiger partial charge in [-0.25, -0.2) is 13.6 Å². The van der Waals surface area contributed by atoms with E-state index < -0.39 is 10.0 Å². The lowest BCUT2D eigenvalue weighted by atomic mass is 9.93. The van der Waals surface area contributed by atoms with Gasteiger partial charge in [0.25, 0.3) is 0 Å². The molecule has 1 rings (SSSR count). The summed E-state index contributed by atoms with van der Waals surface area (Å²) in [6.45, 7) is 12.5. The van der Waals surface area contributed by atoms with E-state index in [0.29, 0.717) is 12.2 Å². The third-order valence-corrected chi connectivity index (χ3v) is 4.42. The second-order valence-electron chi connectivity index (χ2n) is 6.47. The number of nitrogens with two attached hydrogens (primary N) is 1. The molecule has 20 heavy (non-hydrogen) atoms. The van der Waals surface area contributed by atoms with Crippen molar-refractivity contribution in [1.82, 2.24) is 0 Å². The summed E-state index contributed by atoms with van der Waals surface area (Å²) in [5.74, 6) is 0.763. The van der Waals surface area contributed by atoms with Gasteiger partial charge < -0.3 is 4.74 Å². The van der Waals surface area contributed by atoms with Gasteiger partial charge in [-0.05, 0) is 55.4 Å². The molecular formula is C15H25NO3S. The molecule has 2 N–H and O–H groups in total. The lowest BCUT2D eigenvalue weighted by Crippen LogP contribution is -2.16. The largest absolute Gasteiger partial charge is 0.493 e. The molecule has 0 spiro atoms. The Labute approximate surface area is 122 Å². The highest BCUT2D eigenvalue weighted by Gasteiger charge is 2.19. The van der Waals surface area contributed by atoms with Crippen LogP contribution in [0.2, 0.25) is 0 Å². The third kappa shape index (κ3) is 4.21. The summed E-state index contributed by atoms with van der Waals surface area (Å²) in [7, 11) is -3.69. The van der Waals surface area contributed by atoms with E-state index in [0.717, 1.165) is 23.3 Å². The molecule has 1 aromatic carbocycles. The highest BCUT2D eigenvalue weighted by molar-refractivity contribution is 7.89. The molecule has 0 aliphatic rings. The van der Waals surface area contributed by atoms with Crippen molar-refractivity contribution in [3.63, 3.8) is 0 Å². The fraction of sp³-hybridized carbons (Fsp3) is 0.600. The Hall–Kier alpha value is -1.07. The zero-order chi connectivity index (χ0) is 15.7. The van der Waals surface area contributed by atoms with Crippen LogP contribution in [-0.2, 0) is 10.0 Å². The third-order valence-electron chi connectivity index (χ3n) is 3.38. The quantitative estimate of drug-likeness (QED) is 0.929. The van der Waals surface area contributed by atoms with Crippen LogP contribution < -0.4 is 9.88 Å². The van der Waals surface area contributed by atoms with Crippen molar-refractivity contribution >= 4 is 10.0 Å². The molecule has 0 fully saturated rings. The van der Waals surface area contributed by atoms with Crippen molar-refractivity contribution in [2.24, 2.45) is 10.6 Å². The lowest BCUT2D eigenvalue weighted by Gasteiger charge is -2.21. The van der Waals surface area contributed by atoms with Crippen LogP contribution in [0.4, 0.5) is 0 Å². The fourth-order valence-corrected chi connectivity index (χ4v) is 2.92. The van der Waals surface area contributed by atoms with Crippen LogP contribution in [0.5, 0.6) is 5.75 Å². The summed E-state index contributed by atoms with van der Waals surface area (Å²) in [4.78, 5) is 0.177. The number of rotatable bonds is 4. The SMILES string of the molecule is Cc1cc(S(N)(=O)=O)c(C)c(C)c1OCCC(C)(C)C. The molecule has 0 aliphatic carbocycles. The zero-order valence-corrected chi connectivity index (χ0v) is 14.0. The van der Waals surface area contributed by atoms with Gasteiger partial charge in [0.1, 0.15) is 5.75 Å². The number of sulfonamides is 1. The second kappa shape index (κ2) is 5.74. The minimum absolute atomic E-state index is 0.177. The molecule has 4 nitrogen and oxygen atoms in total. The molecule has 0 bridgehead atoms. The maximum Gasteiger partial charge on any atom is 0.238 e. The smallest absolute Gasteiger partial charge is 0.238 e. The number of ether oxygens (including phenoxy) is 1. The zero-order valence-electron chi connectivity index (χ0n) is 13.2. The van der Waals surface area contributed by atoms with E-state index in [2.05, 4.69) is 20.8 Å². The number of hydrogen-bond donors (Lipinski definition) is 1. The molecule has 0 unspecified atom stereocenters. The first-order valence-corrected chi connectivity index (χ1v) is 8.24. The molecule has 1 aromatic rings. The van der Waals surface area contributed by atoms with E-state index in [1.165, 1.54) is 0 Å². The normalized spacial score (nSPS) is 12.6.